The summed E-state index contributed by atoms with van der Waals surface area (Å²) < 4.78 is 28.9. The van der Waals surface area contributed by atoms with E-state index in [1.165, 1.54) is 29.1 Å². The van der Waals surface area contributed by atoms with Gasteiger partial charge in [0.2, 0.25) is 0 Å². The van der Waals surface area contributed by atoms with E-state index < -0.39 is 16.0 Å². The van der Waals surface area contributed by atoms with E-state index >= 15 is 0 Å². The molecule has 2 aromatic carbocycles. The molecule has 0 atom stereocenters. The van der Waals surface area contributed by atoms with Crippen LogP contribution in [-0.4, -0.2) is 29.3 Å². The number of carboxylic acid groups (broad SMARTS) is 1. The van der Waals surface area contributed by atoms with Gasteiger partial charge < -0.3 is 5.11 Å². The molecule has 0 fully saturated rings. The van der Waals surface area contributed by atoms with Gasteiger partial charge in [-0.15, -0.1) is 0 Å². The van der Waals surface area contributed by atoms with Crippen LogP contribution in [0.15, 0.2) is 65.7 Å². The highest BCUT2D eigenvalue weighted by Crippen LogP contribution is 2.26. The molecule has 25 heavy (non-hydrogen) atoms. The number of aromatic nitrogens is 2. The van der Waals surface area contributed by atoms with Gasteiger partial charge in [0, 0.05) is 6.20 Å². The first-order chi connectivity index (χ1) is 11.9. The number of para-hydroxylation sites is 2. The predicted octanol–water partition coefficient (Wildman–Crippen LogP) is 3.02. The Bertz CT molecular complexity index is 1050. The number of hydrogen-bond donors (Lipinski definition) is 2. The van der Waals surface area contributed by atoms with Gasteiger partial charge in [-0.2, -0.15) is 5.10 Å². The van der Waals surface area contributed by atoms with E-state index in [0.717, 1.165) is 0 Å². The molecule has 0 aliphatic heterocycles. The van der Waals surface area contributed by atoms with Crippen molar-refractivity contribution in [1.82, 2.24) is 9.78 Å². The molecule has 1 heterocycles. The Labute approximate surface area is 148 Å². The average Bonchev–Trinajstić information content (AvgIpc) is 3.05. The van der Waals surface area contributed by atoms with Gasteiger partial charge in [-0.3, -0.25) is 4.72 Å². The number of hydrogen-bond acceptors (Lipinski definition) is 4. The molecule has 7 nitrogen and oxygen atoms in total. The number of rotatable bonds is 5. The third kappa shape index (κ3) is 3.49. The van der Waals surface area contributed by atoms with Crippen LogP contribution in [0.2, 0.25) is 5.02 Å². The first-order valence-electron chi connectivity index (χ1n) is 7.04. The zero-order valence-corrected chi connectivity index (χ0v) is 14.2. The number of sulfonamides is 1. The van der Waals surface area contributed by atoms with Crippen molar-refractivity contribution in [2.75, 3.05) is 4.72 Å². The summed E-state index contributed by atoms with van der Waals surface area (Å²) in [6.45, 7) is 0. The zero-order chi connectivity index (χ0) is 18.0. The highest BCUT2D eigenvalue weighted by Gasteiger charge is 2.19. The molecule has 9 heteroatoms. The number of carboxylic acids is 1. The Morgan fingerprint density at radius 1 is 1.08 bits per heavy atom. The maximum absolute atomic E-state index is 12.6. The van der Waals surface area contributed by atoms with Crippen molar-refractivity contribution in [1.29, 1.82) is 0 Å². The molecule has 128 valence electrons. The lowest BCUT2D eigenvalue weighted by atomic mass is 10.3. The van der Waals surface area contributed by atoms with E-state index in [4.69, 9.17) is 16.7 Å². The second kappa shape index (κ2) is 6.58. The highest BCUT2D eigenvalue weighted by atomic mass is 35.5. The summed E-state index contributed by atoms with van der Waals surface area (Å²) in [4.78, 5) is 10.9. The molecule has 0 saturated heterocycles. The van der Waals surface area contributed by atoms with Crippen LogP contribution in [0.3, 0.4) is 0 Å². The first kappa shape index (κ1) is 17.0. The summed E-state index contributed by atoms with van der Waals surface area (Å²) >= 11 is 5.97. The minimum atomic E-state index is -3.92. The maximum Gasteiger partial charge on any atom is 0.356 e. The maximum atomic E-state index is 12.6. The van der Waals surface area contributed by atoms with Crippen molar-refractivity contribution in [2.24, 2.45) is 0 Å². The summed E-state index contributed by atoms with van der Waals surface area (Å²) in [7, 11) is -3.92. The van der Waals surface area contributed by atoms with Crippen LogP contribution in [0.4, 0.5) is 5.69 Å². The Hall–Kier alpha value is -2.84. The van der Waals surface area contributed by atoms with Gasteiger partial charge in [-0.05, 0) is 30.3 Å². The molecule has 0 radical (unpaired) electrons. The van der Waals surface area contributed by atoms with E-state index in [2.05, 4.69) is 9.82 Å². The lowest BCUT2D eigenvalue weighted by Gasteiger charge is -2.13. The zero-order valence-electron chi connectivity index (χ0n) is 12.6. The van der Waals surface area contributed by atoms with Crippen LogP contribution in [0.5, 0.6) is 0 Å². The van der Waals surface area contributed by atoms with Crippen LogP contribution in [0, 0.1) is 0 Å². The minimum absolute atomic E-state index is 0.0573. The van der Waals surface area contributed by atoms with E-state index in [9.17, 15) is 13.2 Å². The molecular formula is C16H12ClN3O4S. The van der Waals surface area contributed by atoms with Crippen molar-refractivity contribution >= 4 is 33.3 Å². The fourth-order valence-electron chi connectivity index (χ4n) is 2.19. The van der Waals surface area contributed by atoms with Gasteiger partial charge in [0.25, 0.3) is 10.0 Å². The van der Waals surface area contributed by atoms with Crippen molar-refractivity contribution in [3.05, 3.63) is 71.5 Å². The summed E-state index contributed by atoms with van der Waals surface area (Å²) in [6, 6.07) is 13.9. The second-order valence-electron chi connectivity index (χ2n) is 5.00. The molecule has 0 saturated carbocycles. The molecule has 2 N–H and O–H groups in total. The SMILES string of the molecule is O=C(O)c1ccn(-c2ccccc2NS(=O)(=O)c2ccccc2Cl)n1. The third-order valence-corrected chi connectivity index (χ3v) is 5.19. The lowest BCUT2D eigenvalue weighted by Crippen LogP contribution is -2.15. The number of halogens is 1. The van der Waals surface area contributed by atoms with Crippen LogP contribution in [0.1, 0.15) is 10.5 Å². The largest absolute Gasteiger partial charge is 0.476 e. The molecule has 0 amide bonds. The van der Waals surface area contributed by atoms with Crippen LogP contribution in [0.25, 0.3) is 5.69 Å². The quantitative estimate of drug-likeness (QED) is 0.711. The Balaban J connectivity index is 2.01. The Morgan fingerprint density at radius 2 is 1.76 bits per heavy atom. The molecule has 0 aliphatic carbocycles. The van der Waals surface area contributed by atoms with E-state index in [0.29, 0.717) is 5.69 Å². The third-order valence-electron chi connectivity index (χ3n) is 3.33. The average molecular weight is 378 g/mol. The number of anilines is 1. The number of benzene rings is 2. The van der Waals surface area contributed by atoms with Gasteiger partial charge in [0.05, 0.1) is 16.4 Å². The summed E-state index contributed by atoms with van der Waals surface area (Å²) in [5.41, 5.74) is 0.469. The minimum Gasteiger partial charge on any atom is -0.476 e. The first-order valence-corrected chi connectivity index (χ1v) is 8.90. The molecule has 0 bridgehead atoms. The van der Waals surface area contributed by atoms with E-state index in [1.807, 2.05) is 0 Å². The standard InChI is InChI=1S/C16H12ClN3O4S/c17-11-5-1-4-8-15(11)25(23,24)19-12-6-2-3-7-14(12)20-10-9-13(18-20)16(21)22/h1-10,19H,(H,21,22). The molecule has 1 aromatic heterocycles. The Kier molecular flexibility index (Phi) is 4.47. The van der Waals surface area contributed by atoms with Crippen molar-refractivity contribution < 1.29 is 18.3 Å². The van der Waals surface area contributed by atoms with Gasteiger partial charge in [-0.25, -0.2) is 17.9 Å². The number of aromatic carboxylic acids is 1. The van der Waals surface area contributed by atoms with Crippen molar-refractivity contribution in [3.63, 3.8) is 0 Å². The number of nitrogens with one attached hydrogen (secondary N) is 1. The molecular weight excluding hydrogens is 366 g/mol. The van der Waals surface area contributed by atoms with E-state index in [-0.39, 0.29) is 21.3 Å². The molecule has 3 rings (SSSR count). The molecule has 3 aromatic rings. The van der Waals surface area contributed by atoms with Crippen molar-refractivity contribution in [2.45, 2.75) is 4.90 Å². The Morgan fingerprint density at radius 3 is 2.44 bits per heavy atom. The van der Waals surface area contributed by atoms with Gasteiger partial charge in [0.15, 0.2) is 5.69 Å². The van der Waals surface area contributed by atoms with Crippen LogP contribution >= 0.6 is 11.6 Å². The van der Waals surface area contributed by atoms with Crippen molar-refractivity contribution in [3.8, 4) is 5.69 Å². The lowest BCUT2D eigenvalue weighted by molar-refractivity contribution is 0.0690. The van der Waals surface area contributed by atoms with Gasteiger partial charge in [0.1, 0.15) is 4.90 Å². The highest BCUT2D eigenvalue weighted by molar-refractivity contribution is 7.92. The summed E-state index contributed by atoms with van der Waals surface area (Å²) in [5.74, 6) is -1.17. The summed E-state index contributed by atoms with van der Waals surface area (Å²) in [5, 5.41) is 13.0. The topological polar surface area (TPSA) is 101 Å². The van der Waals surface area contributed by atoms with E-state index in [1.54, 1.807) is 36.4 Å². The van der Waals surface area contributed by atoms with Crippen LogP contribution < -0.4 is 4.72 Å². The molecule has 0 spiro atoms. The normalized spacial score (nSPS) is 11.2. The fraction of sp³-hybridized carbons (Fsp3) is 0. The molecule has 0 aliphatic rings. The van der Waals surface area contributed by atoms with Gasteiger partial charge >= 0.3 is 5.97 Å². The fourth-order valence-corrected chi connectivity index (χ4v) is 3.79. The predicted molar refractivity (Wildman–Crippen MR) is 92.8 cm³/mol. The molecule has 0 unspecified atom stereocenters. The summed E-state index contributed by atoms with van der Waals surface area (Å²) in [6.07, 6.45) is 1.44. The monoisotopic (exact) mass is 377 g/mol. The second-order valence-corrected chi connectivity index (χ2v) is 7.06. The number of nitrogens with zero attached hydrogens (tertiary/aromatic N) is 2. The smallest absolute Gasteiger partial charge is 0.356 e. The van der Waals surface area contributed by atoms with Gasteiger partial charge in [-0.1, -0.05) is 35.9 Å². The number of carbonyl (C=O) groups is 1. The van der Waals surface area contributed by atoms with Crippen LogP contribution in [-0.2, 0) is 10.0 Å².